The van der Waals surface area contributed by atoms with E-state index < -0.39 is 0 Å². The third kappa shape index (κ3) is 4.71. The molecule has 6 rings (SSSR count). The molecule has 5 aromatic rings. The van der Waals surface area contributed by atoms with Crippen LogP contribution in [0.3, 0.4) is 0 Å². The number of aryl methyl sites for hydroxylation is 2. The predicted octanol–water partition coefficient (Wildman–Crippen LogP) is 6.27. The Kier molecular flexibility index (Phi) is 6.67. The van der Waals surface area contributed by atoms with Crippen LogP contribution < -0.4 is 0 Å². The maximum Gasteiger partial charge on any atom is 0.158 e. The molecule has 8 heteroatoms. The largest absolute Gasteiger partial charge is 0.353 e. The highest BCUT2D eigenvalue weighted by atomic mass is 15.3. The Labute approximate surface area is 229 Å². The van der Waals surface area contributed by atoms with Crippen LogP contribution >= 0.6 is 0 Å². The molecule has 1 fully saturated rings. The molecule has 0 aliphatic heterocycles. The Morgan fingerprint density at radius 1 is 1.00 bits per heavy atom. The summed E-state index contributed by atoms with van der Waals surface area (Å²) in [6.45, 7) is 11.6. The summed E-state index contributed by atoms with van der Waals surface area (Å²) in [6.07, 6.45) is 12.3. The molecule has 0 spiro atoms. The molecule has 8 nitrogen and oxygen atoms in total. The SMILES string of the molecule is Cc1ncc(CN(C)C2CCC(c3ccc4[nH]c(-c5cn6ncnc6c(C)c5C)c(C(C)C)c4n3)CC2)cn1. The monoisotopic (exact) mass is 522 g/mol. The number of nitrogens with one attached hydrogen (secondary N) is 1. The van der Waals surface area contributed by atoms with Gasteiger partial charge in [-0.2, -0.15) is 5.10 Å². The van der Waals surface area contributed by atoms with Crippen LogP contribution in [0, 0.1) is 20.8 Å². The van der Waals surface area contributed by atoms with Gasteiger partial charge in [0.25, 0.3) is 0 Å². The fourth-order valence-electron chi connectivity index (χ4n) is 6.29. The molecular weight excluding hydrogens is 484 g/mol. The minimum Gasteiger partial charge on any atom is -0.353 e. The van der Waals surface area contributed by atoms with Crippen LogP contribution in [0.25, 0.3) is 27.9 Å². The van der Waals surface area contributed by atoms with Gasteiger partial charge in [0.1, 0.15) is 12.2 Å². The summed E-state index contributed by atoms with van der Waals surface area (Å²) in [5.41, 5.74) is 11.5. The molecule has 0 bridgehead atoms. The van der Waals surface area contributed by atoms with Gasteiger partial charge in [-0.15, -0.1) is 0 Å². The van der Waals surface area contributed by atoms with Crippen LogP contribution in [-0.2, 0) is 6.54 Å². The second kappa shape index (κ2) is 10.2. The lowest BCUT2D eigenvalue weighted by molar-refractivity contribution is 0.174. The first-order valence-electron chi connectivity index (χ1n) is 14.1. The molecule has 5 aromatic heterocycles. The molecule has 39 heavy (non-hydrogen) atoms. The third-order valence-electron chi connectivity index (χ3n) is 8.68. The van der Waals surface area contributed by atoms with Crippen molar-refractivity contribution in [2.45, 2.75) is 84.7 Å². The Hall–Kier alpha value is -3.65. The second-order valence-electron chi connectivity index (χ2n) is 11.6. The van der Waals surface area contributed by atoms with E-state index in [4.69, 9.17) is 4.98 Å². The Balaban J connectivity index is 1.26. The quantitative estimate of drug-likeness (QED) is 0.283. The second-order valence-corrected chi connectivity index (χ2v) is 11.6. The fraction of sp³-hybridized carbons (Fsp3) is 0.452. The molecule has 1 N–H and O–H groups in total. The highest BCUT2D eigenvalue weighted by Gasteiger charge is 2.27. The van der Waals surface area contributed by atoms with Crippen molar-refractivity contribution in [1.29, 1.82) is 0 Å². The lowest BCUT2D eigenvalue weighted by atomic mass is 9.83. The van der Waals surface area contributed by atoms with Crippen molar-refractivity contribution in [3.8, 4) is 11.3 Å². The van der Waals surface area contributed by atoms with E-state index in [1.165, 1.54) is 35.2 Å². The van der Waals surface area contributed by atoms with E-state index in [9.17, 15) is 0 Å². The van der Waals surface area contributed by atoms with E-state index in [1.54, 1.807) is 6.33 Å². The number of rotatable bonds is 6. The number of fused-ring (bicyclic) bond motifs is 2. The smallest absolute Gasteiger partial charge is 0.158 e. The van der Waals surface area contributed by atoms with E-state index in [2.05, 4.69) is 83.0 Å². The van der Waals surface area contributed by atoms with Crippen LogP contribution in [0.1, 0.15) is 85.1 Å². The Morgan fingerprint density at radius 2 is 1.74 bits per heavy atom. The minimum atomic E-state index is 0.331. The first-order valence-corrected chi connectivity index (χ1v) is 14.1. The van der Waals surface area contributed by atoms with Gasteiger partial charge in [0.15, 0.2) is 5.65 Å². The van der Waals surface area contributed by atoms with Gasteiger partial charge in [0.2, 0.25) is 0 Å². The molecule has 0 saturated heterocycles. The predicted molar refractivity (Wildman–Crippen MR) is 155 cm³/mol. The lowest BCUT2D eigenvalue weighted by Gasteiger charge is -2.34. The Bertz CT molecular complexity index is 1620. The van der Waals surface area contributed by atoms with Crippen molar-refractivity contribution >= 4 is 16.7 Å². The number of pyridine rings is 2. The van der Waals surface area contributed by atoms with Gasteiger partial charge in [0.05, 0.1) is 16.7 Å². The van der Waals surface area contributed by atoms with Gasteiger partial charge in [0, 0.05) is 59.5 Å². The molecule has 202 valence electrons. The summed E-state index contributed by atoms with van der Waals surface area (Å²) in [5.74, 6) is 1.65. The standard InChI is InChI=1S/C31H38N8/c1-18(2)28-29(25-16-39-31(34-17-35-39)20(4)19(25)3)37-27-12-11-26(36-30(27)28)23-7-9-24(10-8-23)38(6)15-22-13-32-21(5)33-14-22/h11-14,16-18,23-24,37H,7-10,15H2,1-6H3. The maximum atomic E-state index is 5.32. The molecule has 5 heterocycles. The summed E-state index contributed by atoms with van der Waals surface area (Å²) >= 11 is 0. The zero-order chi connectivity index (χ0) is 27.3. The van der Waals surface area contributed by atoms with Gasteiger partial charge in [-0.05, 0) is 82.7 Å². The van der Waals surface area contributed by atoms with Crippen molar-refractivity contribution in [2.24, 2.45) is 0 Å². The van der Waals surface area contributed by atoms with E-state index in [0.29, 0.717) is 17.9 Å². The zero-order valence-corrected chi connectivity index (χ0v) is 23.9. The van der Waals surface area contributed by atoms with Crippen molar-refractivity contribution in [3.05, 3.63) is 70.8 Å². The summed E-state index contributed by atoms with van der Waals surface area (Å²) in [7, 11) is 2.23. The molecular formula is C31H38N8. The highest BCUT2D eigenvalue weighted by molar-refractivity contribution is 5.89. The third-order valence-corrected chi connectivity index (χ3v) is 8.68. The topological polar surface area (TPSA) is 87.9 Å². The minimum absolute atomic E-state index is 0.331. The molecule has 0 amide bonds. The van der Waals surface area contributed by atoms with E-state index in [1.807, 2.05) is 23.8 Å². The average molecular weight is 523 g/mol. The van der Waals surface area contributed by atoms with Crippen molar-refractivity contribution < 1.29 is 0 Å². The number of aromatic nitrogens is 7. The molecule has 0 aromatic carbocycles. The lowest BCUT2D eigenvalue weighted by Crippen LogP contribution is -2.34. The van der Waals surface area contributed by atoms with Crippen LogP contribution in [0.5, 0.6) is 0 Å². The molecule has 0 unspecified atom stereocenters. The molecule has 0 atom stereocenters. The molecule has 1 aliphatic rings. The summed E-state index contributed by atoms with van der Waals surface area (Å²) < 4.78 is 1.88. The Morgan fingerprint density at radius 3 is 2.46 bits per heavy atom. The first kappa shape index (κ1) is 25.6. The summed E-state index contributed by atoms with van der Waals surface area (Å²) in [4.78, 5) is 24.7. The van der Waals surface area contributed by atoms with Crippen LogP contribution in [0.15, 0.2) is 37.1 Å². The van der Waals surface area contributed by atoms with Crippen molar-refractivity contribution in [3.63, 3.8) is 0 Å². The number of H-pyrrole nitrogens is 1. The fourth-order valence-corrected chi connectivity index (χ4v) is 6.29. The number of hydrogen-bond donors (Lipinski definition) is 1. The van der Waals surface area contributed by atoms with Crippen molar-refractivity contribution in [2.75, 3.05) is 7.05 Å². The molecule has 0 radical (unpaired) electrons. The highest BCUT2D eigenvalue weighted by Crippen LogP contribution is 2.39. The van der Waals surface area contributed by atoms with Crippen LogP contribution in [-0.4, -0.2) is 52.5 Å². The summed E-state index contributed by atoms with van der Waals surface area (Å²) in [5, 5.41) is 4.42. The normalized spacial score (nSPS) is 18.2. The van der Waals surface area contributed by atoms with Crippen molar-refractivity contribution in [1.82, 2.24) is 39.4 Å². The van der Waals surface area contributed by atoms with Gasteiger partial charge in [-0.1, -0.05) is 13.8 Å². The molecule has 1 aliphatic carbocycles. The van der Waals surface area contributed by atoms with Crippen LogP contribution in [0.4, 0.5) is 0 Å². The van der Waals surface area contributed by atoms with Crippen LogP contribution in [0.2, 0.25) is 0 Å². The van der Waals surface area contributed by atoms with E-state index >= 15 is 0 Å². The number of nitrogens with zero attached hydrogens (tertiary/aromatic N) is 7. The average Bonchev–Trinajstić information content (AvgIpc) is 3.56. The van der Waals surface area contributed by atoms with Gasteiger partial charge in [-0.25, -0.2) is 19.5 Å². The zero-order valence-electron chi connectivity index (χ0n) is 23.9. The van der Waals surface area contributed by atoms with E-state index in [-0.39, 0.29) is 0 Å². The molecule has 1 saturated carbocycles. The number of aromatic amines is 1. The van der Waals surface area contributed by atoms with Gasteiger partial charge >= 0.3 is 0 Å². The maximum absolute atomic E-state index is 5.32. The summed E-state index contributed by atoms with van der Waals surface area (Å²) in [6, 6.07) is 5.05. The first-order chi connectivity index (χ1) is 18.8. The van der Waals surface area contributed by atoms with Gasteiger partial charge in [-0.3, -0.25) is 9.88 Å². The van der Waals surface area contributed by atoms with Gasteiger partial charge < -0.3 is 4.98 Å². The number of hydrogen-bond acceptors (Lipinski definition) is 6. The van der Waals surface area contributed by atoms with E-state index in [0.717, 1.165) is 58.7 Å².